The van der Waals surface area contributed by atoms with E-state index < -0.39 is 10.4 Å². The Morgan fingerprint density at radius 3 is 0.540 bits per heavy atom. The summed E-state index contributed by atoms with van der Waals surface area (Å²) in [5.74, 6) is 5.97. The van der Waals surface area contributed by atoms with E-state index in [0.29, 0.717) is 49.3 Å². The van der Waals surface area contributed by atoms with Crippen molar-refractivity contribution in [1.29, 1.82) is 0 Å². The molecule has 8 unspecified atom stereocenters. The Morgan fingerprint density at radius 2 is 0.440 bits per heavy atom. The predicted molar refractivity (Wildman–Crippen MR) is 176 cm³/mol. The first kappa shape index (κ1) is 48.4. The summed E-state index contributed by atoms with van der Waals surface area (Å²) in [4.78, 5) is 0. The maximum absolute atomic E-state index is 8.74. The quantitative estimate of drug-likeness (QED) is 0.0831. The third-order valence-electron chi connectivity index (χ3n) is 13.8. The van der Waals surface area contributed by atoms with Crippen LogP contribution in [0.5, 0.6) is 0 Å². The predicted octanol–water partition coefficient (Wildman–Crippen LogP) is -9.58. The Kier molecular flexibility index (Phi) is 20.7. The van der Waals surface area contributed by atoms with Crippen molar-refractivity contribution >= 4 is 10.4 Å². The van der Waals surface area contributed by atoms with Gasteiger partial charge in [-0.15, -0.1) is 0 Å². The van der Waals surface area contributed by atoms with Crippen molar-refractivity contribution in [2.75, 3.05) is 0 Å². The van der Waals surface area contributed by atoms with Crippen LogP contribution in [0, 0.1) is 47.3 Å². The van der Waals surface area contributed by atoms with Gasteiger partial charge in [0.15, 0.2) is 0 Å². The molecule has 12 nitrogen and oxygen atoms in total. The zero-order valence-electron chi connectivity index (χ0n) is 35.0. The van der Waals surface area contributed by atoms with Crippen LogP contribution < -0.4 is 161 Å². The van der Waals surface area contributed by atoms with Crippen LogP contribution in [-0.2, 0) is 27.5 Å². The van der Waals surface area contributed by atoms with E-state index in [9.17, 15) is 0 Å². The summed E-state index contributed by atoms with van der Waals surface area (Å²) in [5, 5.41) is 33.8. The molecule has 0 aromatic rings. The Bertz CT molecular complexity index is 982. The van der Waals surface area contributed by atoms with Crippen LogP contribution >= 0.6 is 0 Å². The van der Waals surface area contributed by atoms with E-state index in [1.807, 2.05) is 0 Å². The number of fused-ring (bicyclic) bond motifs is 20. The van der Waals surface area contributed by atoms with Gasteiger partial charge in [-0.3, -0.25) is 51.6 Å². The SMILES string of the molecule is C1CCC2C3NC(NC4NC(NC5NC(NC6NC(N3)C3CCCCC63)C3CCCCC53)C3CCCCC43)C2C1.O=S(=O)(O)O.[Cu].[H-].[H-].[H-].[H-].[Na+].[Na+].[Na+].[Na+]. The molecule has 1 radical (unpaired) electrons. The molecule has 4 saturated carbocycles. The molecule has 9 fully saturated rings. The zero-order chi connectivity index (χ0) is 30.7. The van der Waals surface area contributed by atoms with Gasteiger partial charge in [-0.25, -0.2) is 0 Å². The minimum Gasteiger partial charge on any atom is -1.00 e. The number of nitrogens with one attached hydrogen (secondary N) is 8. The second kappa shape index (κ2) is 21.4. The normalized spacial score (nSPS) is 47.2. The molecule has 0 aromatic heterocycles. The van der Waals surface area contributed by atoms with E-state index in [0.717, 1.165) is 47.3 Å². The summed E-state index contributed by atoms with van der Waals surface area (Å²) in [6.45, 7) is 0. The van der Waals surface area contributed by atoms with Crippen molar-refractivity contribution in [3.63, 3.8) is 0 Å². The summed E-state index contributed by atoms with van der Waals surface area (Å²) in [5.41, 5.74) is 0. The van der Waals surface area contributed by atoms with Gasteiger partial charge in [-0.1, -0.05) is 51.4 Å². The van der Waals surface area contributed by atoms with Crippen molar-refractivity contribution < 1.29 is 159 Å². The topological polar surface area (TPSA) is 171 Å². The van der Waals surface area contributed by atoms with E-state index in [-0.39, 0.29) is 141 Å². The van der Waals surface area contributed by atoms with Crippen molar-refractivity contribution in [1.82, 2.24) is 42.5 Å². The molecule has 5 aliphatic heterocycles. The smallest absolute Gasteiger partial charge is 1.00 e. The standard InChI is InChI=1S/C32H56N8.Cu.4Na.H2O4S.4H/c1-2-10-18-17(9-1)25-33-26(18)38-28-21-13-5-6-14-22(21)30(35-28)40-32-24-16-8-7-15-23(24)31(36-32)39-29-20-12-4-3-11-19(20)27(34-29)37-25;;;;;;1-5(2,3)4;;;;/h17-40H,1-16H2;;;;;;(H2,1,2,3,4);;;;/q;;4*+1;;4*-1. The number of hydrogen-bond acceptors (Lipinski definition) is 10. The third-order valence-corrected chi connectivity index (χ3v) is 13.8. The Morgan fingerprint density at radius 1 is 0.340 bits per heavy atom. The molecule has 4 aliphatic carbocycles. The fourth-order valence-electron chi connectivity index (χ4n) is 12.0. The molecular weight excluding hydrogens is 748 g/mol. The van der Waals surface area contributed by atoms with Crippen LogP contribution in [0.1, 0.15) is 108 Å². The van der Waals surface area contributed by atoms with Gasteiger partial charge in [0, 0.05) is 17.1 Å². The largest absolute Gasteiger partial charge is 1.00 e. The number of hydrogen-bond donors (Lipinski definition) is 10. The molecule has 0 aromatic carbocycles. The summed E-state index contributed by atoms with van der Waals surface area (Å²) in [7, 11) is -4.67. The summed E-state index contributed by atoms with van der Waals surface area (Å²) >= 11 is 0. The van der Waals surface area contributed by atoms with E-state index in [2.05, 4.69) is 42.5 Å². The maximum Gasteiger partial charge on any atom is 1.00 e. The average molecular weight is 810 g/mol. The van der Waals surface area contributed by atoms with Gasteiger partial charge in [0.05, 0.1) is 49.3 Å². The van der Waals surface area contributed by atoms with Crippen molar-refractivity contribution in [3.05, 3.63) is 0 Å². The van der Waals surface area contributed by atoms with Gasteiger partial charge in [-0.05, 0) is 98.7 Å². The summed E-state index contributed by atoms with van der Waals surface area (Å²) in [6.07, 6.45) is 25.6. The van der Waals surface area contributed by atoms with Gasteiger partial charge < -0.3 is 5.71 Å². The third kappa shape index (κ3) is 10.8. The Labute approximate surface area is 405 Å². The van der Waals surface area contributed by atoms with Gasteiger partial charge in [0.1, 0.15) is 0 Å². The second-order valence-corrected chi connectivity index (χ2v) is 16.9. The Balaban J connectivity index is 0. The molecule has 5 saturated heterocycles. The van der Waals surface area contributed by atoms with Crippen LogP contribution in [0.25, 0.3) is 0 Å². The molecule has 9 rings (SSSR count). The van der Waals surface area contributed by atoms with Gasteiger partial charge in [-0.2, -0.15) is 8.42 Å². The molecule has 8 atom stereocenters. The average Bonchev–Trinajstić information content (AvgIpc) is 3.76. The second-order valence-electron chi connectivity index (χ2n) is 16.1. The van der Waals surface area contributed by atoms with E-state index in [1.165, 1.54) is 103 Å². The molecule has 18 heteroatoms. The van der Waals surface area contributed by atoms with Crippen LogP contribution in [0.15, 0.2) is 0 Å². The van der Waals surface area contributed by atoms with Crippen molar-refractivity contribution in [3.8, 4) is 0 Å². The summed E-state index contributed by atoms with van der Waals surface area (Å²) < 4.78 is 31.6. The van der Waals surface area contributed by atoms with Gasteiger partial charge in [0.25, 0.3) is 0 Å². The van der Waals surface area contributed by atoms with E-state index >= 15 is 0 Å². The Hall–Kier alpha value is 4.07. The molecule has 9 aliphatic rings. The van der Waals surface area contributed by atoms with Crippen molar-refractivity contribution in [2.24, 2.45) is 47.3 Å². The monoisotopic (exact) mass is 809 g/mol. The van der Waals surface area contributed by atoms with Gasteiger partial charge in [0.2, 0.25) is 0 Å². The summed E-state index contributed by atoms with van der Waals surface area (Å²) in [6, 6.07) is 0. The first-order chi connectivity index (χ1) is 21.8. The van der Waals surface area contributed by atoms with Crippen molar-refractivity contribution in [2.45, 2.75) is 152 Å². The first-order valence-corrected chi connectivity index (χ1v) is 20.0. The fraction of sp³-hybridized carbons (Fsp3) is 1.00. The molecule has 10 N–H and O–H groups in total. The minimum atomic E-state index is -4.67. The van der Waals surface area contributed by atoms with E-state index in [1.54, 1.807) is 0 Å². The van der Waals surface area contributed by atoms with Gasteiger partial charge >= 0.3 is 129 Å². The van der Waals surface area contributed by atoms with Crippen LogP contribution in [0.2, 0.25) is 0 Å². The molecule has 5 heterocycles. The molecular formula is C32H62CuN8Na4O4S. The number of rotatable bonds is 0. The van der Waals surface area contributed by atoms with Crippen LogP contribution in [0.3, 0.4) is 0 Å². The van der Waals surface area contributed by atoms with Crippen LogP contribution in [0.4, 0.5) is 0 Å². The maximum atomic E-state index is 8.74. The molecule has 8 bridgehead atoms. The molecule has 0 amide bonds. The molecule has 0 spiro atoms. The zero-order valence-corrected chi connectivity index (χ0v) is 40.7. The van der Waals surface area contributed by atoms with Crippen LogP contribution in [-0.4, -0.2) is 66.8 Å². The molecule has 275 valence electrons. The minimum absolute atomic E-state index is 0. The fourth-order valence-corrected chi connectivity index (χ4v) is 12.0. The molecule has 50 heavy (non-hydrogen) atoms. The van der Waals surface area contributed by atoms with E-state index in [4.69, 9.17) is 17.5 Å². The first-order valence-electron chi connectivity index (χ1n) is 18.6.